The van der Waals surface area contributed by atoms with Gasteiger partial charge in [-0.3, -0.25) is 5.10 Å². The molecule has 0 saturated carbocycles. The number of nitrogens with zero attached hydrogens (tertiary/aromatic N) is 3. The van der Waals surface area contributed by atoms with E-state index in [1.807, 2.05) is 19.1 Å². The number of anilines is 1. The Labute approximate surface area is 117 Å². The second-order valence-corrected chi connectivity index (χ2v) is 4.54. The number of hydrogen-bond donors (Lipinski definition) is 2. The minimum Gasteiger partial charge on any atom is -0.350 e. The van der Waals surface area contributed by atoms with Gasteiger partial charge in [0.15, 0.2) is 0 Å². The molecule has 0 aliphatic carbocycles. The van der Waals surface area contributed by atoms with Crippen molar-refractivity contribution in [3.05, 3.63) is 60.0 Å². The molecule has 0 spiro atoms. The van der Waals surface area contributed by atoms with Gasteiger partial charge in [-0.2, -0.15) is 5.10 Å². The van der Waals surface area contributed by atoms with Crippen LogP contribution in [0.15, 0.2) is 48.8 Å². The summed E-state index contributed by atoms with van der Waals surface area (Å²) in [7, 11) is 0. The molecule has 0 amide bonds. The Kier molecular flexibility index (Phi) is 3.41. The van der Waals surface area contributed by atoms with Gasteiger partial charge in [-0.1, -0.05) is 24.3 Å². The lowest BCUT2D eigenvalue weighted by atomic mass is 10.1. The Morgan fingerprint density at radius 1 is 1.05 bits per heavy atom. The number of H-pyrrole nitrogens is 1. The van der Waals surface area contributed by atoms with Crippen LogP contribution in [0.2, 0.25) is 0 Å². The van der Waals surface area contributed by atoms with Crippen molar-refractivity contribution < 1.29 is 0 Å². The molecule has 0 aliphatic heterocycles. The molecule has 5 nitrogen and oxygen atoms in total. The maximum absolute atomic E-state index is 4.31. The van der Waals surface area contributed by atoms with Crippen LogP contribution < -0.4 is 5.32 Å². The first-order valence-electron chi connectivity index (χ1n) is 6.43. The molecular weight excluding hydrogens is 250 g/mol. The summed E-state index contributed by atoms with van der Waals surface area (Å²) in [5.41, 5.74) is 4.28. The smallest absolute Gasteiger partial charge is 0.223 e. The number of benzene rings is 1. The van der Waals surface area contributed by atoms with Crippen molar-refractivity contribution in [3.63, 3.8) is 0 Å². The summed E-state index contributed by atoms with van der Waals surface area (Å²) in [5, 5.41) is 10.1. The molecule has 0 fully saturated rings. The summed E-state index contributed by atoms with van der Waals surface area (Å²) < 4.78 is 0. The number of aryl methyl sites for hydroxylation is 1. The minimum absolute atomic E-state index is 0.655. The van der Waals surface area contributed by atoms with Crippen molar-refractivity contribution in [2.75, 3.05) is 5.32 Å². The van der Waals surface area contributed by atoms with Crippen LogP contribution in [0, 0.1) is 6.92 Å². The number of hydrogen-bond acceptors (Lipinski definition) is 4. The molecule has 0 bridgehead atoms. The molecule has 1 aromatic carbocycles. The van der Waals surface area contributed by atoms with E-state index in [9.17, 15) is 0 Å². The van der Waals surface area contributed by atoms with Gasteiger partial charge in [0.05, 0.1) is 5.69 Å². The van der Waals surface area contributed by atoms with Crippen molar-refractivity contribution >= 4 is 5.95 Å². The lowest BCUT2D eigenvalue weighted by molar-refractivity contribution is 1.03. The highest BCUT2D eigenvalue weighted by Gasteiger charge is 2.00. The van der Waals surface area contributed by atoms with Gasteiger partial charge in [0, 0.05) is 24.6 Å². The van der Waals surface area contributed by atoms with E-state index < -0.39 is 0 Å². The van der Waals surface area contributed by atoms with Crippen LogP contribution in [0.5, 0.6) is 0 Å². The van der Waals surface area contributed by atoms with E-state index in [0.29, 0.717) is 12.5 Å². The monoisotopic (exact) mass is 265 g/mol. The van der Waals surface area contributed by atoms with Gasteiger partial charge in [-0.25, -0.2) is 9.97 Å². The molecule has 2 heterocycles. The summed E-state index contributed by atoms with van der Waals surface area (Å²) in [4.78, 5) is 8.49. The maximum Gasteiger partial charge on any atom is 0.223 e. The Morgan fingerprint density at radius 2 is 1.90 bits per heavy atom. The second-order valence-electron chi connectivity index (χ2n) is 4.54. The third kappa shape index (κ3) is 2.83. The summed E-state index contributed by atoms with van der Waals surface area (Å²) >= 11 is 0. The van der Waals surface area contributed by atoms with E-state index in [2.05, 4.69) is 49.7 Å². The summed E-state index contributed by atoms with van der Waals surface area (Å²) in [6.45, 7) is 2.65. The van der Waals surface area contributed by atoms with E-state index in [0.717, 1.165) is 17.0 Å². The van der Waals surface area contributed by atoms with Crippen molar-refractivity contribution in [2.45, 2.75) is 13.5 Å². The maximum atomic E-state index is 4.31. The number of aromatic amines is 1. The first-order valence-corrected chi connectivity index (χ1v) is 6.43. The van der Waals surface area contributed by atoms with Crippen molar-refractivity contribution in [1.82, 2.24) is 20.2 Å². The topological polar surface area (TPSA) is 66.5 Å². The molecule has 3 aromatic rings. The molecule has 0 atom stereocenters. The van der Waals surface area contributed by atoms with Crippen molar-refractivity contribution in [2.24, 2.45) is 0 Å². The molecule has 2 N–H and O–H groups in total. The average molecular weight is 265 g/mol. The van der Waals surface area contributed by atoms with Crippen molar-refractivity contribution in [1.29, 1.82) is 0 Å². The van der Waals surface area contributed by atoms with Gasteiger partial charge in [0.2, 0.25) is 5.95 Å². The Hall–Kier alpha value is -2.69. The highest BCUT2D eigenvalue weighted by atomic mass is 15.1. The highest BCUT2D eigenvalue weighted by Crippen LogP contribution is 2.16. The normalized spacial score (nSPS) is 10.4. The van der Waals surface area contributed by atoms with E-state index in [4.69, 9.17) is 0 Å². The third-order valence-corrected chi connectivity index (χ3v) is 3.01. The van der Waals surface area contributed by atoms with E-state index in [1.165, 1.54) is 5.56 Å². The average Bonchev–Trinajstić information content (AvgIpc) is 3.00. The predicted octanol–water partition coefficient (Wildman–Crippen LogP) is 2.79. The van der Waals surface area contributed by atoms with E-state index in [1.54, 1.807) is 12.4 Å². The second kappa shape index (κ2) is 5.52. The van der Waals surface area contributed by atoms with Crippen LogP contribution in [-0.2, 0) is 6.54 Å². The molecule has 0 unspecified atom stereocenters. The van der Waals surface area contributed by atoms with E-state index >= 15 is 0 Å². The van der Waals surface area contributed by atoms with Crippen LogP contribution >= 0.6 is 0 Å². The molecule has 20 heavy (non-hydrogen) atoms. The first-order chi connectivity index (χ1) is 9.81. The Morgan fingerprint density at radius 3 is 2.60 bits per heavy atom. The Balaban J connectivity index is 1.67. The fourth-order valence-electron chi connectivity index (χ4n) is 1.93. The molecule has 0 radical (unpaired) electrons. The molecule has 0 saturated heterocycles. The summed E-state index contributed by atoms with van der Waals surface area (Å²) in [6, 6.07) is 12.1. The lowest BCUT2D eigenvalue weighted by Gasteiger charge is -2.06. The zero-order chi connectivity index (χ0) is 13.8. The minimum atomic E-state index is 0.655. The molecular formula is C15H15N5. The van der Waals surface area contributed by atoms with Gasteiger partial charge in [-0.15, -0.1) is 0 Å². The van der Waals surface area contributed by atoms with Gasteiger partial charge in [0.1, 0.15) is 0 Å². The van der Waals surface area contributed by atoms with Gasteiger partial charge < -0.3 is 5.32 Å². The van der Waals surface area contributed by atoms with Crippen LogP contribution in [0.4, 0.5) is 5.95 Å². The van der Waals surface area contributed by atoms with Crippen LogP contribution in [0.3, 0.4) is 0 Å². The third-order valence-electron chi connectivity index (χ3n) is 3.01. The highest BCUT2D eigenvalue weighted by molar-refractivity contribution is 5.58. The molecule has 100 valence electrons. The molecule has 3 rings (SSSR count). The van der Waals surface area contributed by atoms with Gasteiger partial charge in [-0.05, 0) is 30.2 Å². The summed E-state index contributed by atoms with van der Waals surface area (Å²) in [6.07, 6.45) is 3.51. The largest absolute Gasteiger partial charge is 0.350 e. The Bertz CT molecular complexity index is 674. The predicted molar refractivity (Wildman–Crippen MR) is 78.1 cm³/mol. The fourth-order valence-corrected chi connectivity index (χ4v) is 1.93. The van der Waals surface area contributed by atoms with E-state index in [-0.39, 0.29) is 0 Å². The molecule has 0 aliphatic rings. The van der Waals surface area contributed by atoms with Gasteiger partial charge >= 0.3 is 0 Å². The number of rotatable bonds is 4. The summed E-state index contributed by atoms with van der Waals surface area (Å²) in [5.74, 6) is 0.655. The lowest BCUT2D eigenvalue weighted by Crippen LogP contribution is -2.03. The number of nitrogens with one attached hydrogen (secondary N) is 2. The SMILES string of the molecule is Cc1ccnc(NCc2ccc(-c3ccn[nH]3)cc2)n1. The van der Waals surface area contributed by atoms with Crippen LogP contribution in [-0.4, -0.2) is 20.2 Å². The quantitative estimate of drug-likeness (QED) is 0.761. The first kappa shape index (κ1) is 12.3. The molecule has 5 heteroatoms. The fraction of sp³-hybridized carbons (Fsp3) is 0.133. The van der Waals surface area contributed by atoms with Crippen LogP contribution in [0.1, 0.15) is 11.3 Å². The zero-order valence-corrected chi connectivity index (χ0v) is 11.2. The van der Waals surface area contributed by atoms with Crippen LogP contribution in [0.25, 0.3) is 11.3 Å². The standard InChI is InChI=1S/C15H15N5/c1-11-6-8-16-15(19-11)17-10-12-2-4-13(5-3-12)14-7-9-18-20-14/h2-9H,10H2,1H3,(H,18,20)(H,16,17,19). The molecule has 2 aromatic heterocycles. The zero-order valence-electron chi connectivity index (χ0n) is 11.2. The number of aromatic nitrogens is 4. The van der Waals surface area contributed by atoms with Crippen molar-refractivity contribution in [3.8, 4) is 11.3 Å². The van der Waals surface area contributed by atoms with Gasteiger partial charge in [0.25, 0.3) is 0 Å².